The van der Waals surface area contributed by atoms with Crippen LogP contribution in [0.3, 0.4) is 0 Å². The van der Waals surface area contributed by atoms with Crippen LogP contribution < -0.4 is 4.31 Å². The van der Waals surface area contributed by atoms with Crippen LogP contribution in [0, 0.1) is 5.82 Å². The molecule has 0 fully saturated rings. The molecule has 7 heteroatoms. The van der Waals surface area contributed by atoms with Crippen molar-refractivity contribution in [2.75, 3.05) is 23.7 Å². The second-order valence-electron chi connectivity index (χ2n) is 3.43. The third-order valence-electron chi connectivity index (χ3n) is 2.32. The van der Waals surface area contributed by atoms with Crippen molar-refractivity contribution in [3.63, 3.8) is 0 Å². The smallest absolute Gasteiger partial charge is 0.326 e. The Morgan fingerprint density at radius 1 is 1.39 bits per heavy atom. The number of nitrogens with zero attached hydrogens (tertiary/aromatic N) is 1. The highest BCUT2D eigenvalue weighted by Crippen LogP contribution is 2.21. The molecule has 0 aliphatic heterocycles. The molecule has 5 nitrogen and oxygen atoms in total. The van der Waals surface area contributed by atoms with Gasteiger partial charge in [0.05, 0.1) is 18.6 Å². The highest BCUT2D eigenvalue weighted by Gasteiger charge is 2.25. The summed E-state index contributed by atoms with van der Waals surface area (Å²) in [5, 5.41) is 0. The van der Waals surface area contributed by atoms with Crippen molar-refractivity contribution >= 4 is 21.7 Å². The fourth-order valence-corrected chi connectivity index (χ4v) is 2.39. The number of carbonyl (C=O) groups excluding carboxylic acids is 1. The van der Waals surface area contributed by atoms with E-state index in [0.29, 0.717) is 4.31 Å². The number of ether oxygens (including phenoxy) is 1. The second kappa shape index (κ2) is 5.81. The van der Waals surface area contributed by atoms with E-state index in [1.54, 1.807) is 0 Å². The average Bonchev–Trinajstić information content (AvgIpc) is 2.36. The third kappa shape index (κ3) is 3.19. The number of para-hydroxylation sites is 1. The maximum absolute atomic E-state index is 13.6. The van der Waals surface area contributed by atoms with Crippen LogP contribution >= 0.6 is 0 Å². The lowest BCUT2D eigenvalue weighted by molar-refractivity contribution is -0.138. The van der Waals surface area contributed by atoms with Crippen LogP contribution in [0.2, 0.25) is 0 Å². The van der Waals surface area contributed by atoms with Crippen molar-refractivity contribution < 1.29 is 22.3 Å². The van der Waals surface area contributed by atoms with Crippen molar-refractivity contribution in [2.45, 2.75) is 6.92 Å². The van der Waals surface area contributed by atoms with E-state index in [-0.39, 0.29) is 11.4 Å². The van der Waals surface area contributed by atoms with E-state index in [0.717, 1.165) is 13.2 Å². The van der Waals surface area contributed by atoms with E-state index in [1.807, 2.05) is 0 Å². The van der Waals surface area contributed by atoms with Gasteiger partial charge in [0.1, 0.15) is 12.4 Å². The highest BCUT2D eigenvalue weighted by molar-refractivity contribution is 7.92. The fourth-order valence-electron chi connectivity index (χ4n) is 1.32. The zero-order chi connectivity index (χ0) is 13.8. The summed E-state index contributed by atoms with van der Waals surface area (Å²) < 4.78 is 42.4. The molecule has 1 aromatic rings. The minimum atomic E-state index is -3.75. The van der Waals surface area contributed by atoms with Crippen LogP contribution in [0.5, 0.6) is 0 Å². The summed E-state index contributed by atoms with van der Waals surface area (Å²) in [5.41, 5.74) is -0.162. The van der Waals surface area contributed by atoms with Gasteiger partial charge in [-0.25, -0.2) is 12.8 Å². The molecule has 0 unspecified atom stereocenters. The summed E-state index contributed by atoms with van der Waals surface area (Å²) >= 11 is 0. The fraction of sp³-hybridized carbons (Fsp3) is 0.364. The molecular weight excluding hydrogens is 261 g/mol. The molecule has 0 N–H and O–H groups in total. The van der Waals surface area contributed by atoms with E-state index in [1.165, 1.54) is 25.1 Å². The van der Waals surface area contributed by atoms with E-state index >= 15 is 0 Å². The van der Waals surface area contributed by atoms with Gasteiger partial charge in [-0.1, -0.05) is 12.1 Å². The highest BCUT2D eigenvalue weighted by atomic mass is 32.2. The van der Waals surface area contributed by atoms with Gasteiger partial charge < -0.3 is 4.74 Å². The number of rotatable bonds is 5. The molecule has 0 aromatic heterocycles. The van der Waals surface area contributed by atoms with E-state index < -0.39 is 28.4 Å². The first-order chi connectivity index (χ1) is 8.42. The molecule has 0 spiro atoms. The van der Waals surface area contributed by atoms with Gasteiger partial charge in [-0.05, 0) is 19.1 Å². The van der Waals surface area contributed by atoms with Gasteiger partial charge in [0.25, 0.3) is 0 Å². The molecule has 1 rings (SSSR count). The lowest BCUT2D eigenvalue weighted by Gasteiger charge is -2.22. The van der Waals surface area contributed by atoms with Crippen molar-refractivity contribution in [3.8, 4) is 0 Å². The summed E-state index contributed by atoms with van der Waals surface area (Å²) in [4.78, 5) is 11.2. The lowest BCUT2D eigenvalue weighted by atomic mass is 10.3. The summed E-state index contributed by atoms with van der Waals surface area (Å²) in [6.07, 6.45) is 0. The Bertz CT molecular complexity index is 530. The van der Waals surface area contributed by atoms with Crippen LogP contribution in [0.25, 0.3) is 0 Å². The summed E-state index contributed by atoms with van der Waals surface area (Å²) in [7, 11) is -2.61. The molecule has 18 heavy (non-hydrogen) atoms. The molecule has 0 bridgehead atoms. The lowest BCUT2D eigenvalue weighted by Crippen LogP contribution is -2.37. The quantitative estimate of drug-likeness (QED) is 0.756. The van der Waals surface area contributed by atoms with Crippen LogP contribution in [0.15, 0.2) is 24.3 Å². The summed E-state index contributed by atoms with van der Waals surface area (Å²) in [5.74, 6) is -1.70. The summed E-state index contributed by atoms with van der Waals surface area (Å²) in [6.45, 7) is 0.869. The SMILES string of the molecule is CCS(=O)(=O)N(CC(=O)OC)c1ccccc1F. The van der Waals surface area contributed by atoms with Crippen molar-refractivity contribution in [1.82, 2.24) is 0 Å². The molecule has 0 saturated heterocycles. The minimum Gasteiger partial charge on any atom is -0.468 e. The van der Waals surface area contributed by atoms with Crippen molar-refractivity contribution in [3.05, 3.63) is 30.1 Å². The third-order valence-corrected chi connectivity index (χ3v) is 4.05. The van der Waals surface area contributed by atoms with Crippen LogP contribution in [-0.4, -0.2) is 33.8 Å². The first-order valence-corrected chi connectivity index (χ1v) is 6.85. The number of sulfonamides is 1. The average molecular weight is 275 g/mol. The van der Waals surface area contributed by atoms with Crippen LogP contribution in [-0.2, 0) is 19.6 Å². The van der Waals surface area contributed by atoms with Crippen LogP contribution in [0.1, 0.15) is 6.92 Å². The predicted molar refractivity (Wildman–Crippen MR) is 65.2 cm³/mol. The predicted octanol–water partition coefficient (Wildman–Crippen LogP) is 1.15. The van der Waals surface area contributed by atoms with Crippen LogP contribution in [0.4, 0.5) is 10.1 Å². The molecule has 0 heterocycles. The van der Waals surface area contributed by atoms with E-state index in [9.17, 15) is 17.6 Å². The standard InChI is InChI=1S/C11H14FNO4S/c1-3-18(15,16)13(8-11(14)17-2)10-7-5-4-6-9(10)12/h4-7H,3,8H2,1-2H3. The normalized spacial score (nSPS) is 11.1. The first-order valence-electron chi connectivity index (χ1n) is 5.24. The Labute approximate surface area is 105 Å². The van der Waals surface area contributed by atoms with Crippen molar-refractivity contribution in [2.24, 2.45) is 0 Å². The monoisotopic (exact) mass is 275 g/mol. The number of hydrogen-bond acceptors (Lipinski definition) is 4. The number of esters is 1. The Hall–Kier alpha value is -1.63. The zero-order valence-corrected chi connectivity index (χ0v) is 10.9. The van der Waals surface area contributed by atoms with Gasteiger partial charge in [-0.3, -0.25) is 9.10 Å². The van der Waals surface area contributed by atoms with E-state index in [2.05, 4.69) is 4.74 Å². The molecule has 0 aliphatic rings. The molecule has 0 amide bonds. The number of hydrogen-bond donors (Lipinski definition) is 0. The maximum Gasteiger partial charge on any atom is 0.326 e. The van der Waals surface area contributed by atoms with Gasteiger partial charge >= 0.3 is 5.97 Å². The van der Waals surface area contributed by atoms with Gasteiger partial charge in [0.15, 0.2) is 0 Å². The molecule has 0 saturated carbocycles. The van der Waals surface area contributed by atoms with Gasteiger partial charge in [-0.15, -0.1) is 0 Å². The van der Waals surface area contributed by atoms with Gasteiger partial charge in [0, 0.05) is 0 Å². The summed E-state index contributed by atoms with van der Waals surface area (Å²) in [6, 6.07) is 5.36. The second-order valence-corrected chi connectivity index (χ2v) is 5.62. The van der Waals surface area contributed by atoms with Crippen molar-refractivity contribution in [1.29, 1.82) is 0 Å². The minimum absolute atomic E-state index is 0.162. The molecule has 0 radical (unpaired) electrons. The number of methoxy groups -OCH3 is 1. The Kier molecular flexibility index (Phi) is 4.66. The maximum atomic E-state index is 13.6. The Morgan fingerprint density at radius 2 is 2.00 bits per heavy atom. The molecule has 0 atom stereocenters. The van der Waals surface area contributed by atoms with Gasteiger partial charge in [-0.2, -0.15) is 0 Å². The van der Waals surface area contributed by atoms with E-state index in [4.69, 9.17) is 0 Å². The molecular formula is C11H14FNO4S. The first kappa shape index (κ1) is 14.4. The number of carbonyl (C=O) groups is 1. The Balaban J connectivity index is 3.22. The zero-order valence-electron chi connectivity index (χ0n) is 10.1. The topological polar surface area (TPSA) is 63.7 Å². The number of anilines is 1. The molecule has 0 aliphatic carbocycles. The van der Waals surface area contributed by atoms with Gasteiger partial charge in [0.2, 0.25) is 10.0 Å². The largest absolute Gasteiger partial charge is 0.468 e. The number of halogens is 1. The molecule has 1 aromatic carbocycles. The number of benzene rings is 1. The molecule has 100 valence electrons. The Morgan fingerprint density at radius 3 is 2.50 bits per heavy atom.